The lowest BCUT2D eigenvalue weighted by molar-refractivity contribution is 0.669. The number of benzene rings is 8. The second-order valence-corrected chi connectivity index (χ2v) is 15.4. The Balaban J connectivity index is 1.17. The molecule has 0 fully saturated rings. The Morgan fingerprint density at radius 1 is 0.306 bits per heavy atom. The summed E-state index contributed by atoms with van der Waals surface area (Å²) in [5.74, 6) is 1.30. The Hall–Kier alpha value is -8.48. The number of hydrogen-bond acceptors (Lipinski definition) is 5. The van der Waals surface area contributed by atoms with Crippen LogP contribution in [0.15, 0.2) is 217 Å². The second kappa shape index (κ2) is 14.7. The van der Waals surface area contributed by atoms with Gasteiger partial charge in [-0.25, -0.2) is 19.9 Å². The van der Waals surface area contributed by atoms with E-state index >= 15 is 0 Å². The molecule has 0 unspecified atom stereocenters. The monoisotopic (exact) mass is 793 g/mol. The normalized spacial score (nSPS) is 11.5. The quantitative estimate of drug-likeness (QED) is 0.161. The smallest absolute Gasteiger partial charge is 0.160 e. The van der Waals surface area contributed by atoms with Crippen LogP contribution in [0.1, 0.15) is 0 Å². The lowest BCUT2D eigenvalue weighted by Gasteiger charge is -2.17. The summed E-state index contributed by atoms with van der Waals surface area (Å²) >= 11 is 0. The van der Waals surface area contributed by atoms with Crippen LogP contribution in [-0.2, 0) is 0 Å². The topological polar surface area (TPSA) is 69.6 Å². The van der Waals surface area contributed by atoms with Crippen molar-refractivity contribution in [2.24, 2.45) is 0 Å². The minimum atomic E-state index is 0.645. The predicted molar refractivity (Wildman–Crippen MR) is 252 cm³/mol. The van der Waals surface area contributed by atoms with E-state index in [4.69, 9.17) is 24.4 Å². The molecule has 0 saturated heterocycles. The van der Waals surface area contributed by atoms with Crippen molar-refractivity contribution in [3.8, 4) is 73.5 Å². The molecule has 62 heavy (non-hydrogen) atoms. The fourth-order valence-electron chi connectivity index (χ4n) is 8.67. The average Bonchev–Trinajstić information content (AvgIpc) is 3.88. The predicted octanol–water partition coefficient (Wildman–Crippen LogP) is 14.3. The van der Waals surface area contributed by atoms with Crippen LogP contribution in [0.25, 0.3) is 117 Å². The Morgan fingerprint density at radius 2 is 0.806 bits per heavy atom. The molecule has 0 spiro atoms. The van der Waals surface area contributed by atoms with Gasteiger partial charge in [0.15, 0.2) is 11.6 Å². The number of para-hydroxylation sites is 2. The molecule has 0 bridgehead atoms. The van der Waals surface area contributed by atoms with Crippen molar-refractivity contribution < 1.29 is 4.42 Å². The van der Waals surface area contributed by atoms with Gasteiger partial charge in [-0.05, 0) is 48.5 Å². The van der Waals surface area contributed by atoms with Crippen LogP contribution in [0, 0.1) is 0 Å². The SMILES string of the molecule is c1ccc(-c2cc(-c3ccc(-n4c5ccccc5c5cc6oc7ccccc7c6cc54)c(-c4cc(-c5ccccc5)nc(-c5ccccc5)n4)c3)nc(-c3ccccc3)n2)cc1. The Morgan fingerprint density at radius 3 is 1.44 bits per heavy atom. The minimum absolute atomic E-state index is 0.645. The molecule has 4 aromatic heterocycles. The summed E-state index contributed by atoms with van der Waals surface area (Å²) in [6.45, 7) is 0. The first-order valence-electron chi connectivity index (χ1n) is 20.7. The van der Waals surface area contributed by atoms with Crippen LogP contribution in [0.5, 0.6) is 0 Å². The van der Waals surface area contributed by atoms with E-state index in [1.165, 1.54) is 0 Å². The summed E-state index contributed by atoms with van der Waals surface area (Å²) in [6.07, 6.45) is 0. The first kappa shape index (κ1) is 35.5. The molecular formula is C56H35N5O. The summed E-state index contributed by atoms with van der Waals surface area (Å²) < 4.78 is 8.81. The second-order valence-electron chi connectivity index (χ2n) is 15.4. The van der Waals surface area contributed by atoms with E-state index in [-0.39, 0.29) is 0 Å². The zero-order valence-corrected chi connectivity index (χ0v) is 33.4. The van der Waals surface area contributed by atoms with Crippen LogP contribution >= 0.6 is 0 Å². The number of furan rings is 1. The fourth-order valence-corrected chi connectivity index (χ4v) is 8.67. The lowest BCUT2D eigenvalue weighted by Crippen LogP contribution is -2.02. The number of aromatic nitrogens is 5. The molecule has 0 atom stereocenters. The van der Waals surface area contributed by atoms with E-state index in [0.717, 1.165) is 106 Å². The number of fused-ring (bicyclic) bond motifs is 6. The van der Waals surface area contributed by atoms with Crippen molar-refractivity contribution in [3.63, 3.8) is 0 Å². The van der Waals surface area contributed by atoms with E-state index in [1.54, 1.807) is 0 Å². The van der Waals surface area contributed by atoms with Gasteiger partial charge < -0.3 is 8.98 Å². The average molecular weight is 794 g/mol. The van der Waals surface area contributed by atoms with E-state index in [2.05, 4.69) is 132 Å². The molecule has 6 nitrogen and oxygen atoms in total. The lowest BCUT2D eigenvalue weighted by atomic mass is 9.99. The van der Waals surface area contributed by atoms with Gasteiger partial charge in [0.25, 0.3) is 0 Å². The molecule has 6 heteroatoms. The van der Waals surface area contributed by atoms with Gasteiger partial charge in [0.2, 0.25) is 0 Å². The van der Waals surface area contributed by atoms with Gasteiger partial charge >= 0.3 is 0 Å². The third-order valence-electron chi connectivity index (χ3n) is 11.6. The van der Waals surface area contributed by atoms with Crippen molar-refractivity contribution >= 4 is 43.7 Å². The highest BCUT2D eigenvalue weighted by Gasteiger charge is 2.22. The highest BCUT2D eigenvalue weighted by Crippen LogP contribution is 2.42. The van der Waals surface area contributed by atoms with Gasteiger partial charge in [0, 0.05) is 54.9 Å². The maximum atomic E-state index is 6.44. The van der Waals surface area contributed by atoms with Crippen LogP contribution in [-0.4, -0.2) is 24.5 Å². The third-order valence-corrected chi connectivity index (χ3v) is 11.6. The van der Waals surface area contributed by atoms with E-state index in [9.17, 15) is 0 Å². The molecule has 12 rings (SSSR count). The molecule has 0 saturated carbocycles. The molecule has 0 N–H and O–H groups in total. The van der Waals surface area contributed by atoms with Crippen LogP contribution in [0.2, 0.25) is 0 Å². The van der Waals surface area contributed by atoms with Crippen LogP contribution in [0.3, 0.4) is 0 Å². The molecule has 0 radical (unpaired) electrons. The first-order chi connectivity index (χ1) is 30.7. The minimum Gasteiger partial charge on any atom is -0.456 e. The molecule has 0 aliphatic carbocycles. The Kier molecular flexibility index (Phi) is 8.38. The summed E-state index contributed by atoms with van der Waals surface area (Å²) in [5.41, 5.74) is 13.9. The van der Waals surface area contributed by atoms with Crippen molar-refractivity contribution in [1.82, 2.24) is 24.5 Å². The Bertz CT molecular complexity index is 3500. The van der Waals surface area contributed by atoms with Gasteiger partial charge in [0.1, 0.15) is 11.2 Å². The van der Waals surface area contributed by atoms with Crippen molar-refractivity contribution in [3.05, 3.63) is 212 Å². The maximum absolute atomic E-state index is 6.44. The largest absolute Gasteiger partial charge is 0.456 e. The maximum Gasteiger partial charge on any atom is 0.160 e. The summed E-state index contributed by atoms with van der Waals surface area (Å²) in [5, 5.41) is 4.39. The van der Waals surface area contributed by atoms with Gasteiger partial charge in [-0.1, -0.05) is 164 Å². The molecular weight excluding hydrogens is 759 g/mol. The molecule has 290 valence electrons. The molecule has 0 aliphatic heterocycles. The molecule has 0 amide bonds. The van der Waals surface area contributed by atoms with Gasteiger partial charge in [-0.3, -0.25) is 0 Å². The standard InChI is InChI=1S/C56H35N5O/c1-5-17-36(18-6-1)46-34-48(59-55(57-46)38-21-9-3-10-22-38)40-29-30-51(45(31-40)49-35-47(37-19-7-2-8-20-37)58-56(60-49)39-23-11-4-12-24-39)61-50-27-15-13-25-41(50)43-33-54-44(32-52(43)61)42-26-14-16-28-53(42)62-54/h1-35H. The van der Waals surface area contributed by atoms with Gasteiger partial charge in [-0.15, -0.1) is 0 Å². The summed E-state index contributed by atoms with van der Waals surface area (Å²) in [6, 6.07) is 73.2. The highest BCUT2D eigenvalue weighted by molar-refractivity contribution is 6.17. The number of hydrogen-bond donors (Lipinski definition) is 0. The zero-order valence-electron chi connectivity index (χ0n) is 33.4. The summed E-state index contributed by atoms with van der Waals surface area (Å²) in [4.78, 5) is 20.9. The van der Waals surface area contributed by atoms with Crippen LogP contribution < -0.4 is 0 Å². The third kappa shape index (κ3) is 6.13. The molecule has 8 aromatic carbocycles. The van der Waals surface area contributed by atoms with Crippen LogP contribution in [0.4, 0.5) is 0 Å². The van der Waals surface area contributed by atoms with E-state index in [0.29, 0.717) is 11.6 Å². The zero-order chi connectivity index (χ0) is 41.0. The van der Waals surface area contributed by atoms with Crippen molar-refractivity contribution in [1.29, 1.82) is 0 Å². The molecule has 0 aliphatic rings. The molecule has 4 heterocycles. The molecule has 12 aromatic rings. The van der Waals surface area contributed by atoms with E-state index in [1.807, 2.05) is 84.9 Å². The summed E-state index contributed by atoms with van der Waals surface area (Å²) in [7, 11) is 0. The van der Waals surface area contributed by atoms with Gasteiger partial charge in [-0.2, -0.15) is 0 Å². The van der Waals surface area contributed by atoms with Crippen molar-refractivity contribution in [2.75, 3.05) is 0 Å². The highest BCUT2D eigenvalue weighted by atomic mass is 16.3. The Labute approximate surface area is 357 Å². The fraction of sp³-hybridized carbons (Fsp3) is 0. The van der Waals surface area contributed by atoms with E-state index < -0.39 is 0 Å². The van der Waals surface area contributed by atoms with Gasteiger partial charge in [0.05, 0.1) is 39.5 Å². The number of nitrogens with zero attached hydrogens (tertiary/aromatic N) is 5. The first-order valence-corrected chi connectivity index (χ1v) is 20.7. The van der Waals surface area contributed by atoms with Crippen molar-refractivity contribution in [2.45, 2.75) is 0 Å². The number of rotatable bonds is 7.